The summed E-state index contributed by atoms with van der Waals surface area (Å²) in [6, 6.07) is 0. The molecule has 8 heteroatoms. The lowest BCUT2D eigenvalue weighted by Gasteiger charge is -2.33. The smallest absolute Gasteiger partial charge is 0.100 e. The molecule has 2 N–H and O–H groups in total. The Hall–Kier alpha value is 0.340. The van der Waals surface area contributed by atoms with Gasteiger partial charge in [0.25, 0.3) is 0 Å². The predicted molar refractivity (Wildman–Crippen MR) is 203 cm³/mol. The normalized spacial score (nSPS) is 11.8. The van der Waals surface area contributed by atoms with E-state index in [4.69, 9.17) is 18.9 Å². The van der Waals surface area contributed by atoms with Crippen LogP contribution in [0.15, 0.2) is 0 Å². The van der Waals surface area contributed by atoms with Gasteiger partial charge in [-0.15, -0.1) is 0 Å². The third-order valence-corrected chi connectivity index (χ3v) is 9.50. The first-order valence-corrected chi connectivity index (χ1v) is 20.8. The minimum Gasteiger partial charge on any atom is -1.00 e. The van der Waals surface area contributed by atoms with Gasteiger partial charge < -0.3 is 53.6 Å². The van der Waals surface area contributed by atoms with E-state index in [-0.39, 0.29) is 30.2 Å². The quantitative estimate of drug-likeness (QED) is 0.0941. The van der Waals surface area contributed by atoms with Crippen LogP contribution in [0.2, 0.25) is 0 Å². The molecule has 0 atom stereocenters. The maximum atomic E-state index is 6.43. The van der Waals surface area contributed by atoms with E-state index < -0.39 is 0 Å². The highest BCUT2D eigenvalue weighted by Crippen LogP contribution is 2.28. The summed E-state index contributed by atoms with van der Waals surface area (Å²) in [5, 5.41) is 0. The van der Waals surface area contributed by atoms with Crippen LogP contribution in [-0.4, -0.2) is 94.1 Å². The highest BCUT2D eigenvalue weighted by Gasteiger charge is 2.31. The van der Waals surface area contributed by atoms with E-state index in [9.17, 15) is 0 Å². The highest BCUT2D eigenvalue weighted by atomic mass is 35.5. The summed E-state index contributed by atoms with van der Waals surface area (Å²) in [5.41, 5.74) is -0.0502. The van der Waals surface area contributed by atoms with Gasteiger partial charge in [-0.2, -0.15) is 0 Å². The fourth-order valence-corrected chi connectivity index (χ4v) is 6.13. The first-order valence-electron chi connectivity index (χ1n) is 20.8. The Kier molecular flexibility index (Phi) is 46.8. The lowest BCUT2D eigenvalue weighted by atomic mass is 9.84. The third-order valence-electron chi connectivity index (χ3n) is 9.50. The van der Waals surface area contributed by atoms with Crippen molar-refractivity contribution >= 4 is 0 Å². The molecule has 0 saturated heterocycles. The maximum absolute atomic E-state index is 6.43. The van der Waals surface area contributed by atoms with E-state index >= 15 is 0 Å². The van der Waals surface area contributed by atoms with Gasteiger partial charge in [-0.3, -0.25) is 0 Å². The number of quaternary nitrogens is 2. The number of hydrogen-bond donors (Lipinski definition) is 2. The molecule has 300 valence electrons. The van der Waals surface area contributed by atoms with Crippen LogP contribution in [-0.2, 0) is 18.9 Å². The number of ether oxygens (including phenoxy) is 4. The van der Waals surface area contributed by atoms with Crippen molar-refractivity contribution in [3.63, 3.8) is 0 Å². The molecule has 0 aromatic rings. The Morgan fingerprint density at radius 1 is 0.347 bits per heavy atom. The van der Waals surface area contributed by atoms with Crippen LogP contribution in [0.5, 0.6) is 0 Å². The average Bonchev–Trinajstić information content (AvgIpc) is 3.05. The summed E-state index contributed by atoms with van der Waals surface area (Å²) < 4.78 is 25.0. The molecule has 6 nitrogen and oxygen atoms in total. The molecule has 0 amide bonds. The topological polar surface area (TPSA) is 45.8 Å². The molecule has 0 aliphatic carbocycles. The van der Waals surface area contributed by atoms with Crippen molar-refractivity contribution in [2.45, 2.75) is 168 Å². The molecular weight excluding hydrogens is 655 g/mol. The summed E-state index contributed by atoms with van der Waals surface area (Å²) in [5.74, 6) is 0. The van der Waals surface area contributed by atoms with Crippen molar-refractivity contribution in [3.8, 4) is 0 Å². The van der Waals surface area contributed by atoms with E-state index in [1.807, 2.05) is 0 Å². The van der Waals surface area contributed by atoms with E-state index in [0.29, 0.717) is 0 Å². The van der Waals surface area contributed by atoms with Crippen LogP contribution in [0.1, 0.15) is 168 Å². The number of halogens is 2. The summed E-state index contributed by atoms with van der Waals surface area (Å²) in [7, 11) is 8.79. The second kappa shape index (κ2) is 42.8. The molecule has 0 radical (unpaired) electrons. The maximum Gasteiger partial charge on any atom is 0.100 e. The van der Waals surface area contributed by atoms with E-state index in [1.165, 1.54) is 157 Å². The summed E-state index contributed by atoms with van der Waals surface area (Å²) in [6.45, 7) is 13.2. The monoisotopic (exact) mass is 743 g/mol. The minimum atomic E-state index is -0.0502. The third kappa shape index (κ3) is 41.0. The van der Waals surface area contributed by atoms with Gasteiger partial charge in [0.1, 0.15) is 13.1 Å². The predicted octanol–water partition coefficient (Wildman–Crippen LogP) is 1.74. The Morgan fingerprint density at radius 2 is 0.633 bits per heavy atom. The van der Waals surface area contributed by atoms with E-state index in [2.05, 4.69) is 42.0 Å². The largest absolute Gasteiger partial charge is 1.00 e. The summed E-state index contributed by atoms with van der Waals surface area (Å²) >= 11 is 0. The molecule has 0 spiro atoms. The number of nitrogens with one attached hydrogen (secondary N) is 2. The molecule has 0 rings (SSSR count). The molecule has 49 heavy (non-hydrogen) atoms. The Bertz CT molecular complexity index is 552. The fourth-order valence-electron chi connectivity index (χ4n) is 6.13. The van der Waals surface area contributed by atoms with Crippen molar-refractivity contribution in [2.75, 3.05) is 94.1 Å². The standard InChI is InChI=1S/C41H86N2O4.2ClH/c1-7-9-11-13-14-15-16-17-18-20-25-29-35-45-38-41(39-46-36-31-42(3)4,40-47-37-32-43(5)6)30-26-22-19-21-24-28-34-44-33-27-23-12-10-8-2;;/h7-40H2,1-6H3;2*1H. The fraction of sp³-hybridized carbons (Fsp3) is 1.00. The van der Waals surface area contributed by atoms with Crippen LogP contribution in [0.25, 0.3) is 0 Å². The molecule has 0 unspecified atom stereocenters. The zero-order chi connectivity index (χ0) is 34.5. The van der Waals surface area contributed by atoms with Gasteiger partial charge in [0.05, 0.1) is 61.2 Å². The van der Waals surface area contributed by atoms with Gasteiger partial charge in [-0.1, -0.05) is 142 Å². The van der Waals surface area contributed by atoms with Crippen LogP contribution in [0.4, 0.5) is 0 Å². The second-order valence-corrected chi connectivity index (χ2v) is 15.4. The van der Waals surface area contributed by atoms with Crippen molar-refractivity contribution in [1.82, 2.24) is 0 Å². The minimum absolute atomic E-state index is 0. The number of unbranched alkanes of at least 4 members (excludes halogenated alkanes) is 20. The first-order chi connectivity index (χ1) is 23.0. The SMILES string of the molecule is CCCCCCCCCCCCCCOCC(CCCCCCCCOCCCCCCC)(COCC[NH+](C)C)COCC[NH+](C)C.[Cl-].[Cl-]. The molecule has 0 aromatic carbocycles. The first kappa shape index (κ1) is 53.7. The van der Waals surface area contributed by atoms with Crippen molar-refractivity contribution in [1.29, 1.82) is 0 Å². The van der Waals surface area contributed by atoms with Gasteiger partial charge in [0, 0.05) is 25.2 Å². The molecule has 0 saturated carbocycles. The molecule has 0 aliphatic heterocycles. The Labute approximate surface area is 320 Å². The van der Waals surface area contributed by atoms with E-state index in [1.54, 1.807) is 0 Å². The molecule has 0 aromatic heterocycles. The zero-order valence-electron chi connectivity index (χ0n) is 33.9. The van der Waals surface area contributed by atoms with Gasteiger partial charge in [-0.25, -0.2) is 0 Å². The molecule has 0 heterocycles. The summed E-state index contributed by atoms with van der Waals surface area (Å²) in [6.07, 6.45) is 31.8. The Morgan fingerprint density at radius 3 is 0.980 bits per heavy atom. The lowest BCUT2D eigenvalue weighted by molar-refractivity contribution is -0.858. The van der Waals surface area contributed by atoms with Crippen molar-refractivity contribution in [3.05, 3.63) is 0 Å². The zero-order valence-corrected chi connectivity index (χ0v) is 35.4. The van der Waals surface area contributed by atoms with Crippen LogP contribution < -0.4 is 34.6 Å². The van der Waals surface area contributed by atoms with Gasteiger partial charge in [0.15, 0.2) is 0 Å². The van der Waals surface area contributed by atoms with E-state index in [0.717, 1.165) is 72.4 Å². The van der Waals surface area contributed by atoms with Crippen LogP contribution >= 0.6 is 0 Å². The lowest BCUT2D eigenvalue weighted by Crippen LogP contribution is -3.06. The van der Waals surface area contributed by atoms with Crippen LogP contribution in [0, 0.1) is 5.41 Å². The summed E-state index contributed by atoms with van der Waals surface area (Å²) in [4.78, 5) is 2.86. The molecule has 0 fully saturated rings. The molecule has 0 aliphatic rings. The van der Waals surface area contributed by atoms with Gasteiger partial charge in [-0.05, 0) is 25.7 Å². The highest BCUT2D eigenvalue weighted by molar-refractivity contribution is 4.80. The van der Waals surface area contributed by atoms with Gasteiger partial charge >= 0.3 is 0 Å². The van der Waals surface area contributed by atoms with Crippen molar-refractivity contribution in [2.24, 2.45) is 5.41 Å². The number of likely N-dealkylation sites (N-methyl/N-ethyl adjacent to an activating group) is 2. The Balaban J connectivity index is -0.0000106. The molecular formula is C41H88Cl2N2O4. The van der Waals surface area contributed by atoms with Gasteiger partial charge in [0.2, 0.25) is 0 Å². The molecule has 0 bridgehead atoms. The van der Waals surface area contributed by atoms with Crippen molar-refractivity contribution < 1.29 is 53.6 Å². The van der Waals surface area contributed by atoms with Crippen LogP contribution in [0.3, 0.4) is 0 Å². The number of rotatable bonds is 40. The number of hydrogen-bond acceptors (Lipinski definition) is 4. The average molecular weight is 744 g/mol. The second-order valence-electron chi connectivity index (χ2n) is 15.4.